The van der Waals surface area contributed by atoms with Crippen LogP contribution >= 0.6 is 0 Å². The van der Waals surface area contributed by atoms with Gasteiger partial charge in [-0.25, -0.2) is 0 Å². The highest BCUT2D eigenvalue weighted by Crippen LogP contribution is 2.16. The van der Waals surface area contributed by atoms with Crippen LogP contribution < -0.4 is 15.2 Å². The predicted molar refractivity (Wildman–Crippen MR) is 74.2 cm³/mol. The van der Waals surface area contributed by atoms with E-state index in [-0.39, 0.29) is 18.0 Å². The highest BCUT2D eigenvalue weighted by atomic mass is 16.5. The molecule has 1 heterocycles. The fourth-order valence-corrected chi connectivity index (χ4v) is 1.70. The van der Waals surface area contributed by atoms with Gasteiger partial charge in [-0.2, -0.15) is 9.97 Å². The number of ether oxygens (including phenoxy) is 2. The third kappa shape index (κ3) is 5.72. The summed E-state index contributed by atoms with van der Waals surface area (Å²) < 4.78 is 10.8. The number of hydrogen-bond acceptors (Lipinski definition) is 6. The van der Waals surface area contributed by atoms with E-state index in [0.29, 0.717) is 19.1 Å². The molecule has 1 aromatic heterocycles. The Kier molecular flexibility index (Phi) is 6.92. The average Bonchev–Trinajstić information content (AvgIpc) is 2.39. The third-order valence-corrected chi connectivity index (χ3v) is 2.88. The Bertz CT molecular complexity index is 374. The highest BCUT2D eigenvalue weighted by Gasteiger charge is 2.10. The molecule has 19 heavy (non-hydrogen) atoms. The number of nitrogen functional groups attached to an aromatic ring is 1. The standard InChI is InChI=1S/C13H24N4O2/c1-4-7-8-10(5-2)9-19-13-16-11(14)15-12(17-13)18-6-3/h10H,4-9H2,1-3H3,(H2,14,15,16,17). The number of hydrogen-bond donors (Lipinski definition) is 1. The fourth-order valence-electron chi connectivity index (χ4n) is 1.70. The van der Waals surface area contributed by atoms with Gasteiger partial charge in [0.1, 0.15) is 0 Å². The van der Waals surface area contributed by atoms with Gasteiger partial charge in [0.2, 0.25) is 5.95 Å². The van der Waals surface area contributed by atoms with E-state index in [0.717, 1.165) is 12.8 Å². The SMILES string of the molecule is CCCCC(CC)COc1nc(N)nc(OCC)n1. The van der Waals surface area contributed by atoms with E-state index in [4.69, 9.17) is 15.2 Å². The highest BCUT2D eigenvalue weighted by molar-refractivity contribution is 5.20. The molecular formula is C13H24N4O2. The maximum atomic E-state index is 5.60. The Balaban J connectivity index is 2.55. The second-order valence-electron chi connectivity index (χ2n) is 4.42. The molecule has 0 aliphatic rings. The largest absolute Gasteiger partial charge is 0.464 e. The Morgan fingerprint density at radius 1 is 1.05 bits per heavy atom. The summed E-state index contributed by atoms with van der Waals surface area (Å²) in [6.45, 7) is 7.30. The zero-order valence-electron chi connectivity index (χ0n) is 12.1. The Morgan fingerprint density at radius 3 is 2.32 bits per heavy atom. The van der Waals surface area contributed by atoms with Crippen LogP contribution in [0.15, 0.2) is 0 Å². The molecular weight excluding hydrogens is 244 g/mol. The topological polar surface area (TPSA) is 83.2 Å². The van der Waals surface area contributed by atoms with Crippen LogP contribution in [-0.2, 0) is 0 Å². The van der Waals surface area contributed by atoms with E-state index in [1.807, 2.05) is 6.92 Å². The van der Waals surface area contributed by atoms with Crippen molar-refractivity contribution in [2.75, 3.05) is 18.9 Å². The van der Waals surface area contributed by atoms with E-state index in [1.165, 1.54) is 12.8 Å². The first-order valence-electron chi connectivity index (χ1n) is 6.96. The molecule has 108 valence electrons. The normalized spacial score (nSPS) is 12.2. The van der Waals surface area contributed by atoms with Gasteiger partial charge in [0.05, 0.1) is 13.2 Å². The molecule has 1 aromatic rings. The molecule has 0 aliphatic heterocycles. The predicted octanol–water partition coefficient (Wildman–Crippen LogP) is 2.45. The lowest BCUT2D eigenvalue weighted by atomic mass is 10.0. The molecule has 0 radical (unpaired) electrons. The van der Waals surface area contributed by atoms with Crippen molar-refractivity contribution in [3.05, 3.63) is 0 Å². The number of nitrogens with zero attached hydrogens (tertiary/aromatic N) is 3. The fraction of sp³-hybridized carbons (Fsp3) is 0.769. The first kappa shape index (κ1) is 15.5. The van der Waals surface area contributed by atoms with E-state index < -0.39 is 0 Å². The molecule has 0 aliphatic carbocycles. The van der Waals surface area contributed by atoms with Crippen LogP contribution in [0.3, 0.4) is 0 Å². The van der Waals surface area contributed by atoms with Gasteiger partial charge in [-0.05, 0) is 19.3 Å². The van der Waals surface area contributed by atoms with Gasteiger partial charge < -0.3 is 15.2 Å². The lowest BCUT2D eigenvalue weighted by Gasteiger charge is -2.14. The summed E-state index contributed by atoms with van der Waals surface area (Å²) in [7, 11) is 0. The van der Waals surface area contributed by atoms with Gasteiger partial charge in [0, 0.05) is 0 Å². The van der Waals surface area contributed by atoms with Crippen molar-refractivity contribution in [1.29, 1.82) is 0 Å². The molecule has 0 fully saturated rings. The molecule has 0 aromatic carbocycles. The second kappa shape index (κ2) is 8.50. The van der Waals surface area contributed by atoms with E-state index >= 15 is 0 Å². The number of unbranched alkanes of at least 4 members (excludes halogenated alkanes) is 1. The third-order valence-electron chi connectivity index (χ3n) is 2.88. The van der Waals surface area contributed by atoms with Gasteiger partial charge in [0.15, 0.2) is 0 Å². The monoisotopic (exact) mass is 268 g/mol. The molecule has 6 nitrogen and oxygen atoms in total. The first-order chi connectivity index (χ1) is 9.19. The van der Waals surface area contributed by atoms with E-state index in [1.54, 1.807) is 0 Å². The maximum absolute atomic E-state index is 5.60. The lowest BCUT2D eigenvalue weighted by Crippen LogP contribution is -2.14. The summed E-state index contributed by atoms with van der Waals surface area (Å²) in [6, 6.07) is 0.456. The Hall–Kier alpha value is -1.59. The van der Waals surface area contributed by atoms with E-state index in [2.05, 4.69) is 28.8 Å². The van der Waals surface area contributed by atoms with Gasteiger partial charge in [-0.15, -0.1) is 4.98 Å². The number of anilines is 1. The second-order valence-corrected chi connectivity index (χ2v) is 4.42. The van der Waals surface area contributed by atoms with Crippen LogP contribution in [0.4, 0.5) is 5.95 Å². The zero-order chi connectivity index (χ0) is 14.1. The average molecular weight is 268 g/mol. The summed E-state index contributed by atoms with van der Waals surface area (Å²) in [6.07, 6.45) is 4.65. The van der Waals surface area contributed by atoms with Crippen LogP contribution in [0.5, 0.6) is 12.0 Å². The van der Waals surface area contributed by atoms with Gasteiger partial charge in [-0.1, -0.05) is 33.1 Å². The summed E-state index contributed by atoms with van der Waals surface area (Å²) in [5.74, 6) is 0.642. The number of rotatable bonds is 9. The molecule has 0 spiro atoms. The minimum atomic E-state index is 0.120. The maximum Gasteiger partial charge on any atom is 0.324 e. The first-order valence-corrected chi connectivity index (χ1v) is 6.96. The van der Waals surface area contributed by atoms with Gasteiger partial charge in [0.25, 0.3) is 0 Å². The summed E-state index contributed by atoms with van der Waals surface area (Å²) in [5.41, 5.74) is 5.59. The van der Waals surface area contributed by atoms with Crippen molar-refractivity contribution in [1.82, 2.24) is 15.0 Å². The van der Waals surface area contributed by atoms with E-state index in [9.17, 15) is 0 Å². The quantitative estimate of drug-likeness (QED) is 0.740. The molecule has 1 rings (SSSR count). The Labute approximate surface area is 114 Å². The molecule has 0 saturated heterocycles. The van der Waals surface area contributed by atoms with Crippen LogP contribution in [0.1, 0.15) is 46.5 Å². The minimum absolute atomic E-state index is 0.120. The van der Waals surface area contributed by atoms with Crippen molar-refractivity contribution < 1.29 is 9.47 Å². The van der Waals surface area contributed by atoms with Crippen LogP contribution in [0.2, 0.25) is 0 Å². The summed E-state index contributed by atoms with van der Waals surface area (Å²) in [5, 5.41) is 0. The van der Waals surface area contributed by atoms with Crippen LogP contribution in [0.25, 0.3) is 0 Å². The molecule has 1 unspecified atom stereocenters. The number of nitrogens with two attached hydrogens (primary N) is 1. The summed E-state index contributed by atoms with van der Waals surface area (Å²) >= 11 is 0. The molecule has 0 bridgehead atoms. The van der Waals surface area contributed by atoms with Gasteiger partial charge in [-0.3, -0.25) is 0 Å². The van der Waals surface area contributed by atoms with Crippen LogP contribution in [-0.4, -0.2) is 28.2 Å². The number of aromatic nitrogens is 3. The van der Waals surface area contributed by atoms with Crippen molar-refractivity contribution in [2.24, 2.45) is 5.92 Å². The molecule has 1 atom stereocenters. The molecule has 0 saturated carbocycles. The minimum Gasteiger partial charge on any atom is -0.464 e. The Morgan fingerprint density at radius 2 is 1.74 bits per heavy atom. The zero-order valence-corrected chi connectivity index (χ0v) is 12.1. The van der Waals surface area contributed by atoms with Crippen molar-refractivity contribution in [3.8, 4) is 12.0 Å². The van der Waals surface area contributed by atoms with Crippen molar-refractivity contribution in [3.63, 3.8) is 0 Å². The summed E-state index contributed by atoms with van der Waals surface area (Å²) in [4.78, 5) is 11.9. The molecule has 6 heteroatoms. The van der Waals surface area contributed by atoms with Crippen molar-refractivity contribution in [2.45, 2.75) is 46.5 Å². The van der Waals surface area contributed by atoms with Crippen LogP contribution in [0, 0.1) is 5.92 Å². The lowest BCUT2D eigenvalue weighted by molar-refractivity contribution is 0.212. The molecule has 2 N–H and O–H groups in total. The smallest absolute Gasteiger partial charge is 0.324 e. The van der Waals surface area contributed by atoms with Gasteiger partial charge >= 0.3 is 12.0 Å². The van der Waals surface area contributed by atoms with Crippen molar-refractivity contribution >= 4 is 5.95 Å². The molecule has 0 amide bonds.